The van der Waals surface area contributed by atoms with Gasteiger partial charge in [-0.1, -0.05) is 48.5 Å². The van der Waals surface area contributed by atoms with Crippen molar-refractivity contribution in [1.82, 2.24) is 0 Å². The van der Waals surface area contributed by atoms with Crippen LogP contribution in [0.2, 0.25) is 0 Å². The van der Waals surface area contributed by atoms with Crippen molar-refractivity contribution in [3.63, 3.8) is 0 Å². The average Bonchev–Trinajstić information content (AvgIpc) is 2.76. The van der Waals surface area contributed by atoms with Crippen molar-refractivity contribution < 1.29 is 27.2 Å². The Bertz CT molecular complexity index is 1250. The van der Waals surface area contributed by atoms with E-state index in [1.165, 1.54) is 0 Å². The molecule has 0 aliphatic rings. The van der Waals surface area contributed by atoms with Crippen molar-refractivity contribution >= 4 is 33.4 Å². The van der Waals surface area contributed by atoms with Crippen LogP contribution in [0, 0.1) is 6.92 Å². The maximum Gasteiger partial charge on any atom is 0.341 e. The van der Waals surface area contributed by atoms with Crippen LogP contribution in [0.15, 0.2) is 83.8 Å². The third kappa shape index (κ3) is 7.69. The van der Waals surface area contributed by atoms with Crippen molar-refractivity contribution in [3.05, 3.63) is 95.6 Å². The highest BCUT2D eigenvalue weighted by atomic mass is 32.2. The minimum Gasteiger partial charge on any atom is -0.482 e. The lowest BCUT2D eigenvalue weighted by Crippen LogP contribution is -2.09. The maximum absolute atomic E-state index is 11.5. The van der Waals surface area contributed by atoms with Crippen LogP contribution in [-0.2, 0) is 14.9 Å². The number of hydrogen-bond donors (Lipinski definition) is 1. The molecule has 33 heavy (non-hydrogen) atoms. The summed E-state index contributed by atoms with van der Waals surface area (Å²) in [6.07, 6.45) is 3.11. The molecule has 0 aromatic heterocycles. The minimum atomic E-state index is -3.62. The number of ether oxygens (including phenoxy) is 1. The normalized spacial score (nSPS) is 11.8. The van der Waals surface area contributed by atoms with Gasteiger partial charge in [0.15, 0.2) is 6.61 Å². The van der Waals surface area contributed by atoms with Gasteiger partial charge >= 0.3 is 16.1 Å². The van der Waals surface area contributed by atoms with E-state index in [1.54, 1.807) is 36.0 Å². The van der Waals surface area contributed by atoms with E-state index < -0.39 is 16.1 Å². The summed E-state index contributed by atoms with van der Waals surface area (Å²) in [5.74, 6) is 0.424. The molecule has 3 aromatic rings. The predicted octanol–water partition coefficient (Wildman–Crippen LogP) is 5.02. The molecule has 0 heterocycles. The van der Waals surface area contributed by atoms with E-state index >= 15 is 0 Å². The third-order valence-electron chi connectivity index (χ3n) is 4.51. The van der Waals surface area contributed by atoms with Gasteiger partial charge in [-0.3, -0.25) is 0 Å². The molecule has 0 spiro atoms. The smallest absolute Gasteiger partial charge is 0.341 e. The number of thioether (sulfide) groups is 1. The van der Waals surface area contributed by atoms with Crippen LogP contribution in [0.1, 0.15) is 16.7 Å². The Morgan fingerprint density at radius 2 is 1.70 bits per heavy atom. The molecule has 0 amide bonds. The van der Waals surface area contributed by atoms with Crippen LogP contribution in [-0.4, -0.2) is 38.1 Å². The lowest BCUT2D eigenvalue weighted by molar-refractivity contribution is -0.139. The molecule has 0 aliphatic carbocycles. The Balaban J connectivity index is 1.83. The van der Waals surface area contributed by atoms with E-state index in [0.717, 1.165) is 33.4 Å². The Morgan fingerprint density at radius 3 is 2.36 bits per heavy atom. The fraction of sp³-hybridized carbons (Fsp3) is 0.160. The lowest BCUT2D eigenvalue weighted by atomic mass is 9.98. The zero-order chi connectivity index (χ0) is 23.8. The SMILES string of the molecule is Cc1cc(OCC(=O)O)ccc1SCC=C(c1ccccc1)c1cccc(OS(C)(=O)=O)c1. The number of rotatable bonds is 10. The molecular formula is C25H24O6S2. The largest absolute Gasteiger partial charge is 0.482 e. The highest BCUT2D eigenvalue weighted by molar-refractivity contribution is 7.99. The second kappa shape index (κ2) is 11.1. The topological polar surface area (TPSA) is 89.9 Å². The van der Waals surface area contributed by atoms with Crippen LogP contribution < -0.4 is 8.92 Å². The highest BCUT2D eigenvalue weighted by Gasteiger charge is 2.10. The maximum atomic E-state index is 11.5. The molecule has 0 aliphatic heterocycles. The van der Waals surface area contributed by atoms with Crippen molar-refractivity contribution in [2.45, 2.75) is 11.8 Å². The molecular weight excluding hydrogens is 460 g/mol. The molecule has 0 radical (unpaired) electrons. The van der Waals surface area contributed by atoms with E-state index in [4.69, 9.17) is 14.0 Å². The molecule has 0 atom stereocenters. The summed E-state index contributed by atoms with van der Waals surface area (Å²) < 4.78 is 33.4. The molecule has 0 saturated heterocycles. The van der Waals surface area contributed by atoms with E-state index in [1.807, 2.05) is 55.5 Å². The summed E-state index contributed by atoms with van der Waals surface area (Å²) in [5.41, 5.74) is 3.79. The molecule has 3 rings (SSSR count). The summed E-state index contributed by atoms with van der Waals surface area (Å²) in [6.45, 7) is 1.57. The number of hydrogen-bond acceptors (Lipinski definition) is 6. The van der Waals surface area contributed by atoms with E-state index in [0.29, 0.717) is 11.5 Å². The minimum absolute atomic E-state index is 0.261. The third-order valence-corrected chi connectivity index (χ3v) is 6.11. The first kappa shape index (κ1) is 24.4. The number of carboxylic acid groups (broad SMARTS) is 1. The van der Waals surface area contributed by atoms with E-state index in [9.17, 15) is 13.2 Å². The molecule has 6 nitrogen and oxygen atoms in total. The van der Waals surface area contributed by atoms with Crippen LogP contribution in [0.5, 0.6) is 11.5 Å². The van der Waals surface area contributed by atoms with Crippen molar-refractivity contribution in [1.29, 1.82) is 0 Å². The fourth-order valence-electron chi connectivity index (χ4n) is 3.14. The zero-order valence-electron chi connectivity index (χ0n) is 18.2. The Kier molecular flexibility index (Phi) is 8.19. The summed E-state index contributed by atoms with van der Waals surface area (Å²) >= 11 is 1.64. The van der Waals surface area contributed by atoms with Gasteiger partial charge < -0.3 is 14.0 Å². The molecule has 8 heteroatoms. The van der Waals surface area contributed by atoms with Gasteiger partial charge in [-0.05, 0) is 59.5 Å². The lowest BCUT2D eigenvalue weighted by Gasteiger charge is -2.12. The monoisotopic (exact) mass is 484 g/mol. The summed E-state index contributed by atoms with van der Waals surface area (Å²) in [7, 11) is -3.62. The fourth-order valence-corrected chi connectivity index (χ4v) is 4.48. The predicted molar refractivity (Wildman–Crippen MR) is 130 cm³/mol. The molecule has 1 N–H and O–H groups in total. The Morgan fingerprint density at radius 1 is 0.970 bits per heavy atom. The van der Waals surface area contributed by atoms with Crippen molar-refractivity contribution in [3.8, 4) is 11.5 Å². The van der Waals surface area contributed by atoms with Gasteiger partial charge in [0, 0.05) is 10.6 Å². The van der Waals surface area contributed by atoms with Gasteiger partial charge in [0.25, 0.3) is 0 Å². The van der Waals surface area contributed by atoms with Crippen molar-refractivity contribution in [2.75, 3.05) is 18.6 Å². The van der Waals surface area contributed by atoms with E-state index in [-0.39, 0.29) is 12.4 Å². The van der Waals surface area contributed by atoms with Crippen LogP contribution in [0.4, 0.5) is 0 Å². The Hall–Kier alpha value is -3.23. The quantitative estimate of drug-likeness (QED) is 0.319. The van der Waals surface area contributed by atoms with Crippen LogP contribution in [0.25, 0.3) is 5.57 Å². The van der Waals surface area contributed by atoms with Crippen LogP contribution in [0.3, 0.4) is 0 Å². The van der Waals surface area contributed by atoms with Crippen molar-refractivity contribution in [2.24, 2.45) is 0 Å². The van der Waals surface area contributed by atoms with Gasteiger partial charge in [-0.15, -0.1) is 11.8 Å². The summed E-state index contributed by atoms with van der Waals surface area (Å²) in [6, 6.07) is 22.3. The van der Waals surface area contributed by atoms with Gasteiger partial charge in [0.05, 0.1) is 6.26 Å². The molecule has 172 valence electrons. The molecule has 0 saturated carbocycles. The molecule has 0 bridgehead atoms. The first-order valence-corrected chi connectivity index (χ1v) is 12.8. The van der Waals surface area contributed by atoms with Gasteiger partial charge in [0.2, 0.25) is 0 Å². The zero-order valence-corrected chi connectivity index (χ0v) is 19.9. The highest BCUT2D eigenvalue weighted by Crippen LogP contribution is 2.30. The first-order chi connectivity index (χ1) is 15.7. The Labute approximate surface area is 198 Å². The number of carboxylic acids is 1. The molecule has 0 fully saturated rings. The van der Waals surface area contributed by atoms with Gasteiger partial charge in [0.1, 0.15) is 11.5 Å². The standard InChI is InChI=1S/C25H24O6S2/c1-18-15-21(30-17-25(26)27)11-12-24(18)32-14-13-23(19-7-4-3-5-8-19)20-9-6-10-22(16-20)31-33(2,28)29/h3-13,15-16H,14,17H2,1-2H3,(H,26,27). The molecule has 3 aromatic carbocycles. The van der Waals surface area contributed by atoms with E-state index in [2.05, 4.69) is 6.08 Å². The van der Waals surface area contributed by atoms with Gasteiger partial charge in [-0.2, -0.15) is 8.42 Å². The summed E-state index contributed by atoms with van der Waals surface area (Å²) in [5, 5.41) is 8.75. The first-order valence-electron chi connectivity index (χ1n) is 10.0. The second-order valence-corrected chi connectivity index (χ2v) is 9.86. The molecule has 0 unspecified atom stereocenters. The second-order valence-electron chi connectivity index (χ2n) is 7.22. The van der Waals surface area contributed by atoms with Crippen LogP contribution >= 0.6 is 11.8 Å². The summed E-state index contributed by atoms with van der Waals surface area (Å²) in [4.78, 5) is 11.7. The number of carbonyl (C=O) groups is 1. The number of aryl methyl sites for hydroxylation is 1. The average molecular weight is 485 g/mol. The number of benzene rings is 3. The number of aliphatic carboxylic acids is 1. The van der Waals surface area contributed by atoms with Gasteiger partial charge in [-0.25, -0.2) is 4.79 Å².